The van der Waals surface area contributed by atoms with Crippen LogP contribution in [-0.2, 0) is 4.57 Å². The zero-order valence-corrected chi connectivity index (χ0v) is 8.48. The standard InChI is InChI=1S/C7H18NOP/c1-6-10(9,7(2)3)8(4)5/h7H,6H2,1-5H3. The van der Waals surface area contributed by atoms with Gasteiger partial charge < -0.3 is 4.57 Å². The lowest BCUT2D eigenvalue weighted by Gasteiger charge is -2.27. The number of hydrogen-bond acceptors (Lipinski definition) is 1. The summed E-state index contributed by atoms with van der Waals surface area (Å²) in [5, 5.41) is 0. The Labute approximate surface area is 64.0 Å². The lowest BCUT2D eigenvalue weighted by Crippen LogP contribution is -2.16. The Morgan fingerprint density at radius 2 is 1.80 bits per heavy atom. The molecule has 3 heteroatoms. The number of nitrogens with zero attached hydrogens (tertiary/aromatic N) is 1. The molecule has 0 rings (SSSR count). The highest BCUT2D eigenvalue weighted by molar-refractivity contribution is 7.62. The molecule has 0 fully saturated rings. The van der Waals surface area contributed by atoms with Crippen molar-refractivity contribution in [2.45, 2.75) is 26.4 Å². The van der Waals surface area contributed by atoms with E-state index in [4.69, 9.17) is 0 Å². The van der Waals surface area contributed by atoms with E-state index in [1.54, 1.807) is 0 Å². The van der Waals surface area contributed by atoms with Gasteiger partial charge >= 0.3 is 0 Å². The van der Waals surface area contributed by atoms with Crippen LogP contribution in [0.25, 0.3) is 0 Å². The second kappa shape index (κ2) is 3.54. The molecule has 0 spiro atoms. The summed E-state index contributed by atoms with van der Waals surface area (Å²) in [5.41, 5.74) is 0.285. The molecule has 1 unspecified atom stereocenters. The zero-order valence-electron chi connectivity index (χ0n) is 7.59. The maximum Gasteiger partial charge on any atom is 0.152 e. The minimum atomic E-state index is -2.01. The Hall–Kier alpha value is 0.190. The van der Waals surface area contributed by atoms with E-state index in [0.717, 1.165) is 6.16 Å². The van der Waals surface area contributed by atoms with Crippen LogP contribution in [0.2, 0.25) is 0 Å². The number of hydrogen-bond donors (Lipinski definition) is 0. The summed E-state index contributed by atoms with van der Waals surface area (Å²) < 4.78 is 13.8. The minimum Gasteiger partial charge on any atom is -0.306 e. The summed E-state index contributed by atoms with van der Waals surface area (Å²) in [6.45, 7) is 6.02. The molecular formula is C7H18NOP. The molecule has 0 aromatic heterocycles. The van der Waals surface area contributed by atoms with Gasteiger partial charge in [-0.2, -0.15) is 0 Å². The summed E-state index contributed by atoms with van der Waals surface area (Å²) in [5.74, 6) is 0. The van der Waals surface area contributed by atoms with Crippen molar-refractivity contribution in [2.24, 2.45) is 0 Å². The van der Waals surface area contributed by atoms with Crippen molar-refractivity contribution in [3.63, 3.8) is 0 Å². The van der Waals surface area contributed by atoms with Gasteiger partial charge in [0, 0.05) is 11.8 Å². The molecule has 0 radical (unpaired) electrons. The van der Waals surface area contributed by atoms with Gasteiger partial charge in [-0.05, 0) is 14.1 Å². The van der Waals surface area contributed by atoms with Crippen molar-refractivity contribution in [2.75, 3.05) is 20.3 Å². The van der Waals surface area contributed by atoms with Crippen molar-refractivity contribution in [3.8, 4) is 0 Å². The Morgan fingerprint density at radius 3 is 1.80 bits per heavy atom. The van der Waals surface area contributed by atoms with E-state index in [1.165, 1.54) is 0 Å². The molecule has 0 saturated heterocycles. The lowest BCUT2D eigenvalue weighted by atomic mass is 10.6. The third kappa shape index (κ3) is 1.83. The molecule has 0 aliphatic rings. The molecule has 0 saturated carbocycles. The summed E-state index contributed by atoms with van der Waals surface area (Å²) in [7, 11) is 1.78. The predicted octanol–water partition coefficient (Wildman–Crippen LogP) is 2.25. The van der Waals surface area contributed by atoms with Crippen LogP contribution in [0.1, 0.15) is 20.8 Å². The van der Waals surface area contributed by atoms with Crippen molar-refractivity contribution >= 4 is 7.29 Å². The van der Waals surface area contributed by atoms with Gasteiger partial charge in [-0.15, -0.1) is 0 Å². The fraction of sp³-hybridized carbons (Fsp3) is 1.00. The quantitative estimate of drug-likeness (QED) is 0.595. The molecule has 0 N–H and O–H groups in total. The highest BCUT2D eigenvalue weighted by atomic mass is 31.2. The fourth-order valence-electron chi connectivity index (χ4n) is 1.11. The largest absolute Gasteiger partial charge is 0.306 e. The smallest absolute Gasteiger partial charge is 0.152 e. The highest BCUT2D eigenvalue weighted by Gasteiger charge is 2.26. The maximum absolute atomic E-state index is 11.9. The van der Waals surface area contributed by atoms with Crippen molar-refractivity contribution in [3.05, 3.63) is 0 Å². The van der Waals surface area contributed by atoms with Gasteiger partial charge in [-0.3, -0.25) is 4.67 Å². The molecule has 0 bridgehead atoms. The normalized spacial score (nSPS) is 17.9. The zero-order chi connectivity index (χ0) is 8.36. The second-order valence-corrected chi connectivity index (χ2v) is 6.99. The molecule has 0 aromatic rings. The van der Waals surface area contributed by atoms with E-state index < -0.39 is 7.29 Å². The summed E-state index contributed by atoms with van der Waals surface area (Å²) in [6, 6.07) is 0. The number of rotatable bonds is 3. The van der Waals surface area contributed by atoms with Gasteiger partial charge in [0.2, 0.25) is 0 Å². The monoisotopic (exact) mass is 163 g/mol. The van der Waals surface area contributed by atoms with Crippen molar-refractivity contribution < 1.29 is 4.57 Å². The molecule has 2 nitrogen and oxygen atoms in total. The molecule has 62 valence electrons. The van der Waals surface area contributed by atoms with Gasteiger partial charge in [0.25, 0.3) is 0 Å². The predicted molar refractivity (Wildman–Crippen MR) is 47.0 cm³/mol. The van der Waals surface area contributed by atoms with Crippen molar-refractivity contribution in [1.29, 1.82) is 0 Å². The van der Waals surface area contributed by atoms with E-state index >= 15 is 0 Å². The van der Waals surface area contributed by atoms with Crippen LogP contribution in [-0.4, -0.2) is 30.6 Å². The molecule has 0 heterocycles. The van der Waals surface area contributed by atoms with E-state index in [1.807, 2.05) is 39.5 Å². The van der Waals surface area contributed by atoms with Crippen LogP contribution >= 0.6 is 7.29 Å². The van der Waals surface area contributed by atoms with E-state index in [-0.39, 0.29) is 5.66 Å². The Bertz CT molecular complexity index is 131. The van der Waals surface area contributed by atoms with Gasteiger partial charge in [0.05, 0.1) is 0 Å². The van der Waals surface area contributed by atoms with Crippen LogP contribution in [0.3, 0.4) is 0 Å². The second-order valence-electron chi connectivity index (χ2n) is 3.01. The molecule has 0 aliphatic heterocycles. The average molecular weight is 163 g/mol. The SMILES string of the molecule is CCP(=O)(C(C)C)N(C)C. The van der Waals surface area contributed by atoms with Gasteiger partial charge in [-0.25, -0.2) is 0 Å². The highest BCUT2D eigenvalue weighted by Crippen LogP contribution is 2.51. The van der Waals surface area contributed by atoms with E-state index in [9.17, 15) is 4.57 Å². The van der Waals surface area contributed by atoms with Gasteiger partial charge in [0.15, 0.2) is 7.29 Å². The topological polar surface area (TPSA) is 20.3 Å². The molecule has 10 heavy (non-hydrogen) atoms. The first kappa shape index (κ1) is 10.2. The van der Waals surface area contributed by atoms with Crippen LogP contribution in [0, 0.1) is 0 Å². The first-order valence-corrected chi connectivity index (χ1v) is 5.63. The van der Waals surface area contributed by atoms with Crippen LogP contribution in [0.4, 0.5) is 0 Å². The minimum absolute atomic E-state index is 0.285. The molecule has 0 aromatic carbocycles. The van der Waals surface area contributed by atoms with Crippen molar-refractivity contribution in [1.82, 2.24) is 4.67 Å². The Morgan fingerprint density at radius 1 is 1.40 bits per heavy atom. The van der Waals surface area contributed by atoms with Crippen LogP contribution in [0.15, 0.2) is 0 Å². The molecule has 0 aliphatic carbocycles. The maximum atomic E-state index is 11.9. The third-order valence-electron chi connectivity index (χ3n) is 1.94. The van der Waals surface area contributed by atoms with Gasteiger partial charge in [0.1, 0.15) is 0 Å². The van der Waals surface area contributed by atoms with Gasteiger partial charge in [-0.1, -0.05) is 20.8 Å². The van der Waals surface area contributed by atoms with Crippen LogP contribution in [0.5, 0.6) is 0 Å². The summed E-state index contributed by atoms with van der Waals surface area (Å²) in [6.07, 6.45) is 0.775. The first-order valence-electron chi connectivity index (χ1n) is 3.71. The van der Waals surface area contributed by atoms with Crippen LogP contribution < -0.4 is 0 Å². The van der Waals surface area contributed by atoms with E-state index in [2.05, 4.69) is 0 Å². The molecule has 1 atom stereocenters. The third-order valence-corrected chi connectivity index (χ3v) is 5.81. The first-order chi connectivity index (χ1) is 4.45. The fourth-order valence-corrected chi connectivity index (χ4v) is 3.33. The summed E-state index contributed by atoms with van der Waals surface area (Å²) in [4.78, 5) is 0. The van der Waals surface area contributed by atoms with E-state index in [0.29, 0.717) is 0 Å². The summed E-state index contributed by atoms with van der Waals surface area (Å²) >= 11 is 0. The average Bonchev–Trinajstić information content (AvgIpc) is 1.85. The lowest BCUT2D eigenvalue weighted by molar-refractivity contribution is 0.506. The molecular weight excluding hydrogens is 145 g/mol. The Kier molecular flexibility index (Phi) is 3.61. The molecule has 0 amide bonds. The Balaban J connectivity index is 4.40.